The number of anilines is 1. The Kier molecular flexibility index (Phi) is 6.22. The molecule has 0 saturated carbocycles. The molecular formula is C18H18NO6-. The highest BCUT2D eigenvalue weighted by Gasteiger charge is 2.09. The first kappa shape index (κ1) is 18.1. The van der Waals surface area contributed by atoms with Crippen molar-refractivity contribution in [1.82, 2.24) is 0 Å². The van der Waals surface area contributed by atoms with Crippen LogP contribution in [-0.2, 0) is 4.79 Å². The summed E-state index contributed by atoms with van der Waals surface area (Å²) in [4.78, 5) is 22.8. The van der Waals surface area contributed by atoms with Gasteiger partial charge in [-0.15, -0.1) is 0 Å². The van der Waals surface area contributed by atoms with E-state index in [4.69, 9.17) is 14.2 Å². The fraction of sp³-hybridized carbons (Fsp3) is 0.222. The standard InChI is InChI=1S/C18H19NO6/c1-3-24-14-7-5-13(6-8-14)19-17(20)11-25-15-9-4-12(18(21)22)10-16(15)23-2/h4-10H,3,11H2,1-2H3,(H,19,20)(H,21,22)/p-1. The SMILES string of the molecule is CCOc1ccc(NC(=O)COc2ccc(C(=O)[O-])cc2OC)cc1. The van der Waals surface area contributed by atoms with Crippen LogP contribution in [0.3, 0.4) is 0 Å². The van der Waals surface area contributed by atoms with Crippen molar-refractivity contribution >= 4 is 17.6 Å². The molecule has 0 heterocycles. The maximum Gasteiger partial charge on any atom is 0.262 e. The largest absolute Gasteiger partial charge is 0.545 e. The van der Waals surface area contributed by atoms with Crippen LogP contribution in [0.4, 0.5) is 5.69 Å². The number of hydrogen-bond acceptors (Lipinski definition) is 6. The molecule has 0 saturated heterocycles. The highest BCUT2D eigenvalue weighted by molar-refractivity contribution is 5.92. The monoisotopic (exact) mass is 344 g/mol. The second kappa shape index (κ2) is 8.58. The Bertz CT molecular complexity index is 742. The van der Waals surface area contributed by atoms with Gasteiger partial charge in [0.25, 0.3) is 5.91 Å². The zero-order valence-electron chi connectivity index (χ0n) is 13.9. The summed E-state index contributed by atoms with van der Waals surface area (Å²) in [6.45, 7) is 2.20. The Hall–Kier alpha value is -3.22. The van der Waals surface area contributed by atoms with Crippen LogP contribution < -0.4 is 24.6 Å². The van der Waals surface area contributed by atoms with Crippen LogP contribution in [0.2, 0.25) is 0 Å². The average molecular weight is 344 g/mol. The Balaban J connectivity index is 1.94. The second-order valence-electron chi connectivity index (χ2n) is 4.95. The number of carbonyl (C=O) groups is 2. The molecule has 0 radical (unpaired) electrons. The lowest BCUT2D eigenvalue weighted by Gasteiger charge is -2.13. The zero-order chi connectivity index (χ0) is 18.2. The van der Waals surface area contributed by atoms with E-state index in [1.54, 1.807) is 24.3 Å². The number of amides is 1. The van der Waals surface area contributed by atoms with Gasteiger partial charge in [-0.05, 0) is 49.4 Å². The summed E-state index contributed by atoms with van der Waals surface area (Å²) in [5.74, 6) is -0.507. The van der Waals surface area contributed by atoms with Gasteiger partial charge in [0.2, 0.25) is 0 Å². The number of ether oxygens (including phenoxy) is 3. The molecule has 1 amide bonds. The van der Waals surface area contributed by atoms with Gasteiger partial charge in [0.05, 0.1) is 19.7 Å². The lowest BCUT2D eigenvalue weighted by molar-refractivity contribution is -0.255. The molecule has 132 valence electrons. The van der Waals surface area contributed by atoms with Crippen molar-refractivity contribution in [3.8, 4) is 17.2 Å². The maximum atomic E-state index is 12.0. The van der Waals surface area contributed by atoms with Crippen LogP contribution in [-0.4, -0.2) is 32.2 Å². The summed E-state index contributed by atoms with van der Waals surface area (Å²) in [7, 11) is 1.38. The molecule has 0 fully saturated rings. The molecule has 0 aliphatic heterocycles. The molecule has 0 bridgehead atoms. The summed E-state index contributed by atoms with van der Waals surface area (Å²) in [5.41, 5.74) is 0.569. The molecule has 0 aliphatic carbocycles. The third-order valence-electron chi connectivity index (χ3n) is 3.21. The second-order valence-corrected chi connectivity index (χ2v) is 4.95. The predicted molar refractivity (Wildman–Crippen MR) is 89.1 cm³/mol. The lowest BCUT2D eigenvalue weighted by Crippen LogP contribution is -2.22. The van der Waals surface area contributed by atoms with Crippen LogP contribution in [0.25, 0.3) is 0 Å². The quantitative estimate of drug-likeness (QED) is 0.779. The zero-order valence-corrected chi connectivity index (χ0v) is 13.9. The van der Waals surface area contributed by atoms with Crippen LogP contribution in [0, 0.1) is 0 Å². The van der Waals surface area contributed by atoms with Crippen molar-refractivity contribution in [2.45, 2.75) is 6.92 Å². The van der Waals surface area contributed by atoms with Gasteiger partial charge in [-0.25, -0.2) is 0 Å². The first-order valence-corrected chi connectivity index (χ1v) is 7.58. The Morgan fingerprint density at radius 3 is 2.36 bits per heavy atom. The molecule has 2 rings (SSSR count). The van der Waals surface area contributed by atoms with E-state index in [1.807, 2.05) is 6.92 Å². The number of rotatable bonds is 8. The highest BCUT2D eigenvalue weighted by atomic mass is 16.5. The van der Waals surface area contributed by atoms with Crippen molar-refractivity contribution < 1.29 is 28.9 Å². The molecule has 1 N–H and O–H groups in total. The number of hydrogen-bond donors (Lipinski definition) is 1. The van der Waals surface area contributed by atoms with Gasteiger partial charge in [0.1, 0.15) is 5.75 Å². The Morgan fingerprint density at radius 2 is 1.76 bits per heavy atom. The molecule has 0 unspecified atom stereocenters. The smallest absolute Gasteiger partial charge is 0.262 e. The molecule has 0 atom stereocenters. The van der Waals surface area contributed by atoms with Crippen molar-refractivity contribution in [3.05, 3.63) is 48.0 Å². The molecular weight excluding hydrogens is 326 g/mol. The summed E-state index contributed by atoms with van der Waals surface area (Å²) in [6, 6.07) is 10.9. The van der Waals surface area contributed by atoms with Crippen LogP contribution in [0.15, 0.2) is 42.5 Å². The summed E-state index contributed by atoms with van der Waals surface area (Å²) >= 11 is 0. The van der Waals surface area contributed by atoms with Crippen molar-refractivity contribution in [3.63, 3.8) is 0 Å². The van der Waals surface area contributed by atoms with E-state index in [1.165, 1.54) is 25.3 Å². The Labute approximate surface area is 145 Å². The minimum Gasteiger partial charge on any atom is -0.545 e. The lowest BCUT2D eigenvalue weighted by atomic mass is 10.2. The van der Waals surface area contributed by atoms with Crippen molar-refractivity contribution in [2.75, 3.05) is 25.6 Å². The third-order valence-corrected chi connectivity index (χ3v) is 3.21. The fourth-order valence-corrected chi connectivity index (χ4v) is 2.06. The normalized spacial score (nSPS) is 10.0. The molecule has 2 aromatic rings. The molecule has 0 spiro atoms. The summed E-state index contributed by atoms with van der Waals surface area (Å²) in [5, 5.41) is 13.5. The van der Waals surface area contributed by atoms with Crippen molar-refractivity contribution in [1.29, 1.82) is 0 Å². The maximum absolute atomic E-state index is 12.0. The van der Waals surface area contributed by atoms with Gasteiger partial charge < -0.3 is 29.4 Å². The van der Waals surface area contributed by atoms with Gasteiger partial charge in [-0.3, -0.25) is 4.79 Å². The molecule has 0 aromatic heterocycles. The van der Waals surface area contributed by atoms with E-state index < -0.39 is 5.97 Å². The molecule has 2 aromatic carbocycles. The van der Waals surface area contributed by atoms with E-state index >= 15 is 0 Å². The first-order valence-electron chi connectivity index (χ1n) is 7.58. The minimum atomic E-state index is -1.32. The number of nitrogens with one attached hydrogen (secondary N) is 1. The summed E-state index contributed by atoms with van der Waals surface area (Å²) < 4.78 is 15.8. The number of carboxylic acids is 1. The van der Waals surface area contributed by atoms with E-state index in [2.05, 4.69) is 5.32 Å². The third kappa shape index (κ3) is 5.13. The van der Waals surface area contributed by atoms with Gasteiger partial charge >= 0.3 is 0 Å². The number of aromatic carboxylic acids is 1. The van der Waals surface area contributed by atoms with Crippen molar-refractivity contribution in [2.24, 2.45) is 0 Å². The average Bonchev–Trinajstić information content (AvgIpc) is 2.61. The van der Waals surface area contributed by atoms with E-state index in [0.29, 0.717) is 12.3 Å². The number of carboxylic acid groups (broad SMARTS) is 1. The highest BCUT2D eigenvalue weighted by Crippen LogP contribution is 2.28. The van der Waals surface area contributed by atoms with Crippen LogP contribution in [0.1, 0.15) is 17.3 Å². The number of carbonyl (C=O) groups excluding carboxylic acids is 2. The molecule has 7 heteroatoms. The first-order chi connectivity index (χ1) is 12.0. The van der Waals surface area contributed by atoms with Gasteiger partial charge in [-0.2, -0.15) is 0 Å². The number of methoxy groups -OCH3 is 1. The van der Waals surface area contributed by atoms with Gasteiger partial charge in [0.15, 0.2) is 18.1 Å². The van der Waals surface area contributed by atoms with Gasteiger partial charge in [0, 0.05) is 11.3 Å². The predicted octanol–water partition coefficient (Wildman–Crippen LogP) is 1.47. The topological polar surface area (TPSA) is 96.9 Å². The van der Waals surface area contributed by atoms with Crippen LogP contribution >= 0.6 is 0 Å². The van der Waals surface area contributed by atoms with E-state index in [9.17, 15) is 14.7 Å². The van der Waals surface area contributed by atoms with Crippen LogP contribution in [0.5, 0.6) is 17.2 Å². The van der Waals surface area contributed by atoms with E-state index in [0.717, 1.165) is 5.75 Å². The minimum absolute atomic E-state index is 0.0389. The fourth-order valence-electron chi connectivity index (χ4n) is 2.06. The summed E-state index contributed by atoms with van der Waals surface area (Å²) in [6.07, 6.45) is 0. The molecule has 0 aliphatic rings. The van der Waals surface area contributed by atoms with Gasteiger partial charge in [-0.1, -0.05) is 0 Å². The Morgan fingerprint density at radius 1 is 1.04 bits per heavy atom. The number of benzene rings is 2. The molecule has 25 heavy (non-hydrogen) atoms. The molecule has 7 nitrogen and oxygen atoms in total. The van der Waals surface area contributed by atoms with E-state index in [-0.39, 0.29) is 29.6 Å².